The molecule has 0 radical (unpaired) electrons. The van der Waals surface area contributed by atoms with Gasteiger partial charge >= 0.3 is 0 Å². The van der Waals surface area contributed by atoms with Gasteiger partial charge in [0.25, 0.3) is 0 Å². The Morgan fingerprint density at radius 1 is 1.50 bits per heavy atom. The molecule has 0 spiro atoms. The number of hydrogen-bond donors (Lipinski definition) is 1. The van der Waals surface area contributed by atoms with Gasteiger partial charge in [-0.25, -0.2) is 0 Å². The molecule has 36 valence electrons. The minimum Gasteiger partial charge on any atom is -0.516 e. The zero-order valence-electron chi connectivity index (χ0n) is 4.18. The highest BCUT2D eigenvalue weighted by molar-refractivity contribution is 4.74. The molecule has 0 bridgehead atoms. The van der Waals surface area contributed by atoms with E-state index >= 15 is 0 Å². The Morgan fingerprint density at radius 3 is 2.00 bits per heavy atom. The Kier molecular flexibility index (Phi) is 2.55. The standard InChI is InChI=1S/C5H10O/c1-5(2)3-4-6/h3-6H,1-2H3/b4-3+. The Labute approximate surface area is 38.3 Å². The Morgan fingerprint density at radius 2 is 2.00 bits per heavy atom. The largest absolute Gasteiger partial charge is 0.516 e. The lowest BCUT2D eigenvalue weighted by Crippen LogP contribution is -1.74. The van der Waals surface area contributed by atoms with Crippen LogP contribution in [0.1, 0.15) is 13.8 Å². The summed E-state index contributed by atoms with van der Waals surface area (Å²) in [4.78, 5) is 0. The quantitative estimate of drug-likeness (QED) is 0.482. The number of hydrogen-bond acceptors (Lipinski definition) is 1. The van der Waals surface area contributed by atoms with Crippen molar-refractivity contribution in [3.63, 3.8) is 0 Å². The maximum atomic E-state index is 8.06. The third-order valence-corrected chi connectivity index (χ3v) is 0.471. The van der Waals surface area contributed by atoms with Gasteiger partial charge in [0.1, 0.15) is 0 Å². The Bertz CT molecular complexity index is 45.9. The molecule has 0 fully saturated rings. The lowest BCUT2D eigenvalue weighted by Gasteiger charge is -1.86. The van der Waals surface area contributed by atoms with Crippen LogP contribution in [0.2, 0.25) is 0 Å². The number of aliphatic hydroxyl groups excluding tert-OH is 1. The highest BCUT2D eigenvalue weighted by atomic mass is 16.2. The van der Waals surface area contributed by atoms with Gasteiger partial charge in [-0.3, -0.25) is 0 Å². The summed E-state index contributed by atoms with van der Waals surface area (Å²) in [6, 6.07) is 0. The van der Waals surface area contributed by atoms with Crippen LogP contribution in [0.25, 0.3) is 0 Å². The van der Waals surface area contributed by atoms with Crippen LogP contribution < -0.4 is 0 Å². The van der Waals surface area contributed by atoms with E-state index in [4.69, 9.17) is 5.11 Å². The third-order valence-electron chi connectivity index (χ3n) is 0.471. The first kappa shape index (κ1) is 5.54. The normalized spacial score (nSPS) is 11.2. The van der Waals surface area contributed by atoms with E-state index in [1.54, 1.807) is 6.08 Å². The number of allylic oxidation sites excluding steroid dienone is 1. The summed E-state index contributed by atoms with van der Waals surface area (Å²) in [5.41, 5.74) is 0. The highest BCUT2D eigenvalue weighted by Gasteiger charge is 1.77. The SMILES string of the molecule is CC(C)/C=C/O. The summed E-state index contributed by atoms with van der Waals surface area (Å²) in [5.74, 6) is 0.468. The van der Waals surface area contributed by atoms with Crippen LogP contribution in [0.4, 0.5) is 0 Å². The van der Waals surface area contributed by atoms with Crippen LogP contribution in [-0.2, 0) is 0 Å². The molecule has 0 aliphatic heterocycles. The van der Waals surface area contributed by atoms with E-state index in [0.717, 1.165) is 6.26 Å². The van der Waals surface area contributed by atoms with E-state index in [1.807, 2.05) is 13.8 Å². The number of aliphatic hydroxyl groups is 1. The molecule has 1 N–H and O–H groups in total. The van der Waals surface area contributed by atoms with E-state index in [-0.39, 0.29) is 0 Å². The van der Waals surface area contributed by atoms with Gasteiger partial charge < -0.3 is 5.11 Å². The summed E-state index contributed by atoms with van der Waals surface area (Å²) >= 11 is 0. The predicted molar refractivity (Wildman–Crippen MR) is 26.6 cm³/mol. The van der Waals surface area contributed by atoms with Crippen molar-refractivity contribution in [1.29, 1.82) is 0 Å². The fourth-order valence-electron chi connectivity index (χ4n) is 0.172. The molecule has 0 heterocycles. The second-order valence-electron chi connectivity index (χ2n) is 1.59. The fourth-order valence-corrected chi connectivity index (χ4v) is 0.172. The first-order valence-electron chi connectivity index (χ1n) is 2.08. The molecule has 1 nitrogen and oxygen atoms in total. The Hall–Kier alpha value is -0.460. The fraction of sp³-hybridized carbons (Fsp3) is 0.600. The maximum absolute atomic E-state index is 8.06. The molecular formula is C5H10O. The van der Waals surface area contributed by atoms with Gasteiger partial charge in [0.2, 0.25) is 0 Å². The minimum absolute atomic E-state index is 0.468. The zero-order valence-corrected chi connectivity index (χ0v) is 4.18. The summed E-state index contributed by atoms with van der Waals surface area (Å²) in [7, 11) is 0. The molecule has 0 aromatic rings. The summed E-state index contributed by atoms with van der Waals surface area (Å²) < 4.78 is 0. The molecule has 0 aliphatic rings. The van der Waals surface area contributed by atoms with Gasteiger partial charge in [0, 0.05) is 0 Å². The summed E-state index contributed by atoms with van der Waals surface area (Å²) in [6.07, 6.45) is 2.80. The maximum Gasteiger partial charge on any atom is 0.0754 e. The first-order valence-corrected chi connectivity index (χ1v) is 2.08. The molecule has 6 heavy (non-hydrogen) atoms. The second kappa shape index (κ2) is 2.76. The molecule has 0 aliphatic carbocycles. The van der Waals surface area contributed by atoms with Crippen molar-refractivity contribution in [3.05, 3.63) is 12.3 Å². The van der Waals surface area contributed by atoms with Gasteiger partial charge in [-0.15, -0.1) is 0 Å². The van der Waals surface area contributed by atoms with Crippen LogP contribution in [-0.4, -0.2) is 5.11 Å². The molecule has 1 heteroatoms. The Balaban J connectivity index is 3.03. The van der Waals surface area contributed by atoms with E-state index in [9.17, 15) is 0 Å². The molecule has 0 rings (SSSR count). The van der Waals surface area contributed by atoms with Crippen molar-refractivity contribution < 1.29 is 5.11 Å². The van der Waals surface area contributed by atoms with Gasteiger partial charge in [-0.2, -0.15) is 0 Å². The van der Waals surface area contributed by atoms with Crippen molar-refractivity contribution in [1.82, 2.24) is 0 Å². The van der Waals surface area contributed by atoms with Gasteiger partial charge in [-0.1, -0.05) is 13.8 Å². The van der Waals surface area contributed by atoms with E-state index in [0.29, 0.717) is 5.92 Å². The van der Waals surface area contributed by atoms with Crippen LogP contribution >= 0.6 is 0 Å². The third kappa shape index (κ3) is 3.54. The lowest BCUT2D eigenvalue weighted by molar-refractivity contribution is 0.467. The van der Waals surface area contributed by atoms with Crippen molar-refractivity contribution in [2.24, 2.45) is 5.92 Å². The van der Waals surface area contributed by atoms with Crippen molar-refractivity contribution in [2.45, 2.75) is 13.8 Å². The molecule has 0 aromatic carbocycles. The van der Waals surface area contributed by atoms with E-state index < -0.39 is 0 Å². The molecule has 0 amide bonds. The molecule has 0 saturated carbocycles. The zero-order chi connectivity index (χ0) is 4.99. The monoisotopic (exact) mass is 86.1 g/mol. The van der Waals surface area contributed by atoms with E-state index in [1.165, 1.54) is 0 Å². The predicted octanol–water partition coefficient (Wildman–Crippen LogP) is 1.71. The van der Waals surface area contributed by atoms with Gasteiger partial charge in [0.15, 0.2) is 0 Å². The number of rotatable bonds is 1. The van der Waals surface area contributed by atoms with Crippen LogP contribution in [0, 0.1) is 5.92 Å². The van der Waals surface area contributed by atoms with Crippen LogP contribution in [0.15, 0.2) is 12.3 Å². The highest BCUT2D eigenvalue weighted by Crippen LogP contribution is 1.89. The summed E-state index contributed by atoms with van der Waals surface area (Å²) in [6.45, 7) is 4.01. The average Bonchev–Trinajstić information content (AvgIpc) is 1.35. The second-order valence-corrected chi connectivity index (χ2v) is 1.59. The minimum atomic E-state index is 0.468. The van der Waals surface area contributed by atoms with Crippen LogP contribution in [0.3, 0.4) is 0 Å². The first-order chi connectivity index (χ1) is 2.77. The molecule has 0 atom stereocenters. The lowest BCUT2D eigenvalue weighted by atomic mass is 10.2. The molecular weight excluding hydrogens is 76.1 g/mol. The average molecular weight is 86.1 g/mol. The molecule has 0 unspecified atom stereocenters. The van der Waals surface area contributed by atoms with Crippen LogP contribution in [0.5, 0.6) is 0 Å². The van der Waals surface area contributed by atoms with Crippen molar-refractivity contribution in [2.75, 3.05) is 0 Å². The smallest absolute Gasteiger partial charge is 0.0754 e. The van der Waals surface area contributed by atoms with Crippen molar-refractivity contribution >= 4 is 0 Å². The summed E-state index contributed by atoms with van der Waals surface area (Å²) in [5, 5.41) is 8.06. The molecule has 0 saturated heterocycles. The molecule has 0 aromatic heterocycles. The van der Waals surface area contributed by atoms with Gasteiger partial charge in [0.05, 0.1) is 6.26 Å². The van der Waals surface area contributed by atoms with E-state index in [2.05, 4.69) is 0 Å². The topological polar surface area (TPSA) is 20.2 Å². The van der Waals surface area contributed by atoms with Crippen molar-refractivity contribution in [3.8, 4) is 0 Å². The van der Waals surface area contributed by atoms with Gasteiger partial charge in [-0.05, 0) is 12.0 Å².